The number of hydrogen-bond donors (Lipinski definition) is 0. The average molecular weight is 416 g/mol. The molecule has 4 rings (SSSR count). The van der Waals surface area contributed by atoms with E-state index in [-0.39, 0.29) is 56.6 Å². The SMILES string of the molecule is CN1c2c3c(c4nc(C#N)c(C#N)nc4c2N=C(C#N)C1C#N)N(C)C(C#N)C(C#N)=N3. The van der Waals surface area contributed by atoms with Gasteiger partial charge < -0.3 is 9.80 Å². The summed E-state index contributed by atoms with van der Waals surface area (Å²) in [6.45, 7) is 0. The Morgan fingerprint density at radius 1 is 0.625 bits per heavy atom. The molecule has 2 aromatic rings. The molecule has 0 saturated carbocycles. The maximum Gasteiger partial charge on any atom is 0.177 e. The van der Waals surface area contributed by atoms with Gasteiger partial charge in [-0.1, -0.05) is 0 Å². The number of aliphatic imine (C=N–C) groups is 2. The van der Waals surface area contributed by atoms with Crippen LogP contribution in [0.4, 0.5) is 22.7 Å². The second-order valence-corrected chi connectivity index (χ2v) is 6.74. The van der Waals surface area contributed by atoms with Crippen molar-refractivity contribution in [3.05, 3.63) is 11.4 Å². The van der Waals surface area contributed by atoms with Crippen LogP contribution in [0, 0.1) is 68.0 Å². The third-order valence-electron chi connectivity index (χ3n) is 5.17. The molecular weight excluding hydrogens is 408 g/mol. The smallest absolute Gasteiger partial charge is 0.177 e. The summed E-state index contributed by atoms with van der Waals surface area (Å²) in [4.78, 5) is 20.2. The summed E-state index contributed by atoms with van der Waals surface area (Å²) in [5, 5.41) is 57.1. The molecule has 2 aliphatic heterocycles. The molecule has 2 unspecified atom stereocenters. The van der Waals surface area contributed by atoms with Gasteiger partial charge in [-0.2, -0.15) is 31.6 Å². The zero-order chi connectivity index (χ0) is 23.2. The molecule has 2 aliphatic rings. The Hall–Kier alpha value is -5.56. The first-order valence-corrected chi connectivity index (χ1v) is 8.89. The van der Waals surface area contributed by atoms with Gasteiger partial charge in [-0.3, -0.25) is 0 Å². The average Bonchev–Trinajstić information content (AvgIpc) is 2.82. The Balaban J connectivity index is 2.29. The van der Waals surface area contributed by atoms with Crippen LogP contribution in [0.15, 0.2) is 9.98 Å². The lowest BCUT2D eigenvalue weighted by Gasteiger charge is -2.36. The summed E-state index contributed by atoms with van der Waals surface area (Å²) in [5.74, 6) is 0. The lowest BCUT2D eigenvalue weighted by Crippen LogP contribution is -2.42. The van der Waals surface area contributed by atoms with Gasteiger partial charge in [0.1, 0.15) is 46.7 Å². The van der Waals surface area contributed by atoms with Gasteiger partial charge in [0.05, 0.1) is 23.5 Å². The Morgan fingerprint density at radius 2 is 1.09 bits per heavy atom. The number of anilines is 2. The Kier molecular flexibility index (Phi) is 4.35. The highest BCUT2D eigenvalue weighted by atomic mass is 15.2. The summed E-state index contributed by atoms with van der Waals surface area (Å²) < 4.78 is 0. The van der Waals surface area contributed by atoms with Gasteiger partial charge in [0.25, 0.3) is 0 Å². The standard InChI is InChI=1S/C20H8N12/c1-31-13(7-25)11(5-23)29-17-15-16(28-10(4-22)9(3-21)27-15)19-18(20(17)31)30-12(6-24)14(8-26)32(19)2/h13-14H,1-2H3. The third kappa shape index (κ3) is 2.42. The van der Waals surface area contributed by atoms with Crippen molar-refractivity contribution in [2.24, 2.45) is 9.98 Å². The highest BCUT2D eigenvalue weighted by Crippen LogP contribution is 2.53. The Bertz CT molecular complexity index is 1540. The van der Waals surface area contributed by atoms with Gasteiger partial charge in [-0.25, -0.2) is 20.0 Å². The fourth-order valence-electron chi connectivity index (χ4n) is 3.71. The van der Waals surface area contributed by atoms with Crippen LogP contribution in [0.5, 0.6) is 0 Å². The van der Waals surface area contributed by atoms with Crippen molar-refractivity contribution in [2.75, 3.05) is 23.9 Å². The minimum absolute atomic E-state index is 0.0804. The zero-order valence-electron chi connectivity index (χ0n) is 16.5. The molecular formula is C20H8N12. The number of nitrogens with zero attached hydrogens (tertiary/aromatic N) is 12. The van der Waals surface area contributed by atoms with E-state index in [4.69, 9.17) is 0 Å². The first-order valence-electron chi connectivity index (χ1n) is 8.89. The largest absolute Gasteiger partial charge is 0.350 e. The van der Waals surface area contributed by atoms with E-state index in [1.807, 2.05) is 36.4 Å². The first kappa shape index (κ1) is 19.7. The number of benzene rings is 1. The van der Waals surface area contributed by atoms with E-state index in [0.717, 1.165) is 0 Å². The number of nitriles is 6. The summed E-state index contributed by atoms with van der Waals surface area (Å²) in [5.41, 5.74) is 0.480. The van der Waals surface area contributed by atoms with Gasteiger partial charge >= 0.3 is 0 Å². The zero-order valence-corrected chi connectivity index (χ0v) is 16.5. The lowest BCUT2D eigenvalue weighted by atomic mass is 9.99. The molecule has 2 atom stereocenters. The predicted octanol–water partition coefficient (Wildman–Crippen LogP) is 1.25. The molecule has 0 aliphatic carbocycles. The first-order chi connectivity index (χ1) is 15.4. The summed E-state index contributed by atoms with van der Waals surface area (Å²) in [7, 11) is 3.12. The van der Waals surface area contributed by atoms with E-state index in [2.05, 4.69) is 20.0 Å². The van der Waals surface area contributed by atoms with Crippen LogP contribution < -0.4 is 9.80 Å². The van der Waals surface area contributed by atoms with Gasteiger partial charge in [0.15, 0.2) is 34.9 Å². The van der Waals surface area contributed by atoms with Crippen molar-refractivity contribution in [3.63, 3.8) is 0 Å². The highest BCUT2D eigenvalue weighted by Gasteiger charge is 2.39. The topological polar surface area (TPSA) is 200 Å². The number of fused-ring (bicyclic) bond motifs is 6. The van der Waals surface area contributed by atoms with E-state index in [1.165, 1.54) is 9.80 Å². The van der Waals surface area contributed by atoms with Crippen molar-refractivity contribution in [3.8, 4) is 36.4 Å². The van der Waals surface area contributed by atoms with E-state index >= 15 is 0 Å². The Labute approximate surface area is 181 Å². The molecule has 0 bridgehead atoms. The molecule has 0 amide bonds. The van der Waals surface area contributed by atoms with Crippen LogP contribution >= 0.6 is 0 Å². The molecule has 12 nitrogen and oxygen atoms in total. The minimum Gasteiger partial charge on any atom is -0.350 e. The van der Waals surface area contributed by atoms with E-state index in [1.54, 1.807) is 14.1 Å². The fourth-order valence-corrected chi connectivity index (χ4v) is 3.71. The molecule has 12 heteroatoms. The van der Waals surface area contributed by atoms with Crippen molar-refractivity contribution < 1.29 is 0 Å². The normalized spacial score (nSPS) is 18.4. The fraction of sp³-hybridized carbons (Fsp3) is 0.200. The third-order valence-corrected chi connectivity index (χ3v) is 5.17. The molecule has 0 radical (unpaired) electrons. The van der Waals surface area contributed by atoms with Crippen molar-refractivity contribution in [1.82, 2.24) is 9.97 Å². The van der Waals surface area contributed by atoms with Gasteiger partial charge in [0, 0.05) is 14.1 Å². The molecule has 1 aromatic carbocycles. The number of aromatic nitrogens is 2. The predicted molar refractivity (Wildman–Crippen MR) is 110 cm³/mol. The quantitative estimate of drug-likeness (QED) is 0.601. The van der Waals surface area contributed by atoms with Crippen LogP contribution in [0.2, 0.25) is 0 Å². The van der Waals surface area contributed by atoms with E-state index in [9.17, 15) is 31.6 Å². The molecule has 0 fully saturated rings. The molecule has 148 valence electrons. The van der Waals surface area contributed by atoms with Gasteiger partial charge in [-0.05, 0) is 0 Å². The van der Waals surface area contributed by atoms with Crippen LogP contribution in [-0.4, -0.2) is 47.6 Å². The van der Waals surface area contributed by atoms with Crippen LogP contribution in [-0.2, 0) is 0 Å². The molecule has 0 N–H and O–H groups in total. The van der Waals surface area contributed by atoms with Crippen molar-refractivity contribution in [2.45, 2.75) is 12.1 Å². The molecule has 0 spiro atoms. The summed E-state index contributed by atoms with van der Waals surface area (Å²) in [6, 6.07) is 9.40. The second kappa shape index (κ2) is 7.05. The maximum absolute atomic E-state index is 9.61. The van der Waals surface area contributed by atoms with Gasteiger partial charge in [-0.15, -0.1) is 0 Å². The molecule has 1 aromatic heterocycles. The van der Waals surface area contributed by atoms with Crippen molar-refractivity contribution in [1.29, 1.82) is 31.6 Å². The summed E-state index contributed by atoms with van der Waals surface area (Å²) in [6.07, 6.45) is 0. The Morgan fingerprint density at radius 3 is 1.56 bits per heavy atom. The highest BCUT2D eigenvalue weighted by molar-refractivity contribution is 6.21. The van der Waals surface area contributed by atoms with E-state index < -0.39 is 12.1 Å². The number of hydrogen-bond acceptors (Lipinski definition) is 12. The van der Waals surface area contributed by atoms with E-state index in [0.29, 0.717) is 0 Å². The lowest BCUT2D eigenvalue weighted by molar-refractivity contribution is 0.904. The monoisotopic (exact) mass is 416 g/mol. The molecule has 0 saturated heterocycles. The molecule has 3 heterocycles. The van der Waals surface area contributed by atoms with Crippen LogP contribution in [0.3, 0.4) is 0 Å². The van der Waals surface area contributed by atoms with Crippen LogP contribution in [0.1, 0.15) is 11.4 Å². The molecule has 32 heavy (non-hydrogen) atoms. The maximum atomic E-state index is 9.61. The van der Waals surface area contributed by atoms with Gasteiger partial charge in [0.2, 0.25) is 0 Å². The second-order valence-electron chi connectivity index (χ2n) is 6.74. The minimum atomic E-state index is -1.03. The van der Waals surface area contributed by atoms with Crippen LogP contribution in [0.25, 0.3) is 11.0 Å². The number of rotatable bonds is 0. The summed E-state index contributed by atoms with van der Waals surface area (Å²) >= 11 is 0. The van der Waals surface area contributed by atoms with Crippen molar-refractivity contribution >= 4 is 45.2 Å².